The number of benzene rings is 3. The summed E-state index contributed by atoms with van der Waals surface area (Å²) in [4.78, 5) is 23.5. The second kappa shape index (κ2) is 8.40. The van der Waals surface area contributed by atoms with Crippen molar-refractivity contribution >= 4 is 17.6 Å². The van der Waals surface area contributed by atoms with E-state index in [1.54, 1.807) is 42.5 Å². The third-order valence-electron chi connectivity index (χ3n) is 4.19. The van der Waals surface area contributed by atoms with Crippen LogP contribution in [0.3, 0.4) is 0 Å². The lowest BCUT2D eigenvalue weighted by Crippen LogP contribution is -2.12. The molecule has 1 amide bonds. The molecule has 1 heterocycles. The fourth-order valence-electron chi connectivity index (χ4n) is 2.81. The number of rotatable bonds is 5. The average Bonchev–Trinajstić information content (AvgIpc) is 3.25. The Balaban J connectivity index is 1.49. The Labute approximate surface area is 172 Å². The standard InChI is InChI=1S/C23H17N3O4/c1-15(27)29-20-12-10-16(11-13-20)21(28)24-19-9-5-8-18(14-19)23-26-25-22(30-23)17-6-3-2-4-7-17/h2-14H,1H3,(H,24,28). The predicted molar refractivity (Wildman–Crippen MR) is 111 cm³/mol. The first-order valence-corrected chi connectivity index (χ1v) is 9.18. The molecule has 148 valence electrons. The van der Waals surface area contributed by atoms with Crippen LogP contribution >= 0.6 is 0 Å². The highest BCUT2D eigenvalue weighted by molar-refractivity contribution is 6.04. The first-order valence-electron chi connectivity index (χ1n) is 9.18. The molecule has 4 aromatic rings. The molecule has 0 bridgehead atoms. The number of hydrogen-bond donors (Lipinski definition) is 1. The van der Waals surface area contributed by atoms with Crippen molar-refractivity contribution in [3.63, 3.8) is 0 Å². The molecule has 0 saturated heterocycles. The van der Waals surface area contributed by atoms with Crippen LogP contribution in [0.2, 0.25) is 0 Å². The molecule has 0 atom stereocenters. The first kappa shape index (κ1) is 19.1. The van der Waals surface area contributed by atoms with Gasteiger partial charge in [0.2, 0.25) is 11.8 Å². The summed E-state index contributed by atoms with van der Waals surface area (Å²) in [6.07, 6.45) is 0. The van der Waals surface area contributed by atoms with Gasteiger partial charge in [0.1, 0.15) is 5.75 Å². The summed E-state index contributed by atoms with van der Waals surface area (Å²) in [5, 5.41) is 11.0. The van der Waals surface area contributed by atoms with Crippen molar-refractivity contribution in [2.24, 2.45) is 0 Å². The molecule has 1 aromatic heterocycles. The van der Waals surface area contributed by atoms with Crippen LogP contribution in [0.25, 0.3) is 22.9 Å². The molecule has 0 unspecified atom stereocenters. The Morgan fingerprint density at radius 2 is 1.50 bits per heavy atom. The van der Waals surface area contributed by atoms with Gasteiger partial charge in [0.25, 0.3) is 5.91 Å². The van der Waals surface area contributed by atoms with E-state index in [0.717, 1.165) is 5.56 Å². The number of aromatic nitrogens is 2. The van der Waals surface area contributed by atoms with Gasteiger partial charge in [-0.25, -0.2) is 0 Å². The Kier molecular flexibility index (Phi) is 5.34. The molecular formula is C23H17N3O4. The van der Waals surface area contributed by atoms with Crippen molar-refractivity contribution in [2.45, 2.75) is 6.92 Å². The van der Waals surface area contributed by atoms with Crippen LogP contribution in [0, 0.1) is 0 Å². The minimum absolute atomic E-state index is 0.294. The SMILES string of the molecule is CC(=O)Oc1ccc(C(=O)Nc2cccc(-c3nnc(-c4ccccc4)o3)c2)cc1. The lowest BCUT2D eigenvalue weighted by Gasteiger charge is -2.07. The maximum absolute atomic E-state index is 12.5. The smallest absolute Gasteiger partial charge is 0.308 e. The second-order valence-corrected chi connectivity index (χ2v) is 6.43. The Morgan fingerprint density at radius 3 is 2.20 bits per heavy atom. The van der Waals surface area contributed by atoms with Crippen LogP contribution in [-0.4, -0.2) is 22.1 Å². The van der Waals surface area contributed by atoms with Gasteiger partial charge in [0, 0.05) is 29.3 Å². The van der Waals surface area contributed by atoms with E-state index in [4.69, 9.17) is 9.15 Å². The van der Waals surface area contributed by atoms with Crippen molar-refractivity contribution < 1.29 is 18.7 Å². The summed E-state index contributed by atoms with van der Waals surface area (Å²) in [5.74, 6) is 0.452. The molecular weight excluding hydrogens is 382 g/mol. The summed E-state index contributed by atoms with van der Waals surface area (Å²) < 4.78 is 10.7. The number of hydrogen-bond acceptors (Lipinski definition) is 6. The number of amides is 1. The molecule has 0 aliphatic carbocycles. The van der Waals surface area contributed by atoms with Gasteiger partial charge in [-0.2, -0.15) is 0 Å². The van der Waals surface area contributed by atoms with E-state index in [9.17, 15) is 9.59 Å². The summed E-state index contributed by atoms with van der Waals surface area (Å²) >= 11 is 0. The average molecular weight is 399 g/mol. The van der Waals surface area contributed by atoms with E-state index in [0.29, 0.717) is 34.3 Å². The zero-order valence-corrected chi connectivity index (χ0v) is 16.0. The third kappa shape index (κ3) is 4.41. The number of ether oxygens (including phenoxy) is 1. The van der Waals surface area contributed by atoms with Gasteiger partial charge in [0.15, 0.2) is 0 Å². The van der Waals surface area contributed by atoms with Gasteiger partial charge in [0.05, 0.1) is 0 Å². The molecule has 1 N–H and O–H groups in total. The number of nitrogens with zero attached hydrogens (tertiary/aromatic N) is 2. The van der Waals surface area contributed by atoms with E-state index >= 15 is 0 Å². The van der Waals surface area contributed by atoms with Gasteiger partial charge in [-0.3, -0.25) is 9.59 Å². The highest BCUT2D eigenvalue weighted by Crippen LogP contribution is 2.26. The molecule has 7 heteroatoms. The number of nitrogens with one attached hydrogen (secondary N) is 1. The maximum Gasteiger partial charge on any atom is 0.308 e. The van der Waals surface area contributed by atoms with E-state index in [1.807, 2.05) is 36.4 Å². The third-order valence-corrected chi connectivity index (χ3v) is 4.19. The van der Waals surface area contributed by atoms with Crippen LogP contribution < -0.4 is 10.1 Å². The number of esters is 1. The van der Waals surface area contributed by atoms with Crippen molar-refractivity contribution in [2.75, 3.05) is 5.32 Å². The summed E-state index contributed by atoms with van der Waals surface area (Å²) in [7, 11) is 0. The van der Waals surface area contributed by atoms with E-state index in [2.05, 4.69) is 15.5 Å². The lowest BCUT2D eigenvalue weighted by atomic mass is 10.1. The minimum Gasteiger partial charge on any atom is -0.427 e. The fraction of sp³-hybridized carbons (Fsp3) is 0.0435. The van der Waals surface area contributed by atoms with Crippen LogP contribution in [0.4, 0.5) is 5.69 Å². The predicted octanol–water partition coefficient (Wildman–Crippen LogP) is 4.58. The zero-order chi connectivity index (χ0) is 20.9. The Morgan fingerprint density at radius 1 is 0.833 bits per heavy atom. The highest BCUT2D eigenvalue weighted by Gasteiger charge is 2.12. The van der Waals surface area contributed by atoms with Gasteiger partial charge in [-0.1, -0.05) is 24.3 Å². The zero-order valence-electron chi connectivity index (χ0n) is 16.0. The molecule has 0 aliphatic heterocycles. The van der Waals surface area contributed by atoms with Crippen molar-refractivity contribution in [3.05, 3.63) is 84.4 Å². The molecule has 7 nitrogen and oxygen atoms in total. The number of carbonyl (C=O) groups excluding carboxylic acids is 2. The quantitative estimate of drug-likeness (QED) is 0.390. The summed E-state index contributed by atoms with van der Waals surface area (Å²) in [6.45, 7) is 1.32. The van der Waals surface area contributed by atoms with Crippen molar-refractivity contribution in [1.82, 2.24) is 10.2 Å². The number of carbonyl (C=O) groups is 2. The normalized spacial score (nSPS) is 10.4. The van der Waals surface area contributed by atoms with E-state index in [1.165, 1.54) is 6.92 Å². The van der Waals surface area contributed by atoms with Crippen LogP contribution in [-0.2, 0) is 4.79 Å². The monoisotopic (exact) mass is 399 g/mol. The highest BCUT2D eigenvalue weighted by atomic mass is 16.5. The summed E-state index contributed by atoms with van der Waals surface area (Å²) in [5.41, 5.74) is 2.53. The molecule has 0 aliphatic rings. The topological polar surface area (TPSA) is 94.3 Å². The molecule has 0 saturated carbocycles. The fourth-order valence-corrected chi connectivity index (χ4v) is 2.81. The van der Waals surface area contributed by atoms with E-state index < -0.39 is 5.97 Å². The van der Waals surface area contributed by atoms with Gasteiger partial charge >= 0.3 is 5.97 Å². The Hall–Kier alpha value is -4.26. The first-order chi connectivity index (χ1) is 14.6. The molecule has 3 aromatic carbocycles. The molecule has 30 heavy (non-hydrogen) atoms. The van der Waals surface area contributed by atoms with Gasteiger partial charge < -0.3 is 14.5 Å². The maximum atomic E-state index is 12.5. The van der Waals surface area contributed by atoms with E-state index in [-0.39, 0.29) is 5.91 Å². The molecule has 0 fully saturated rings. The molecule has 4 rings (SSSR count). The largest absolute Gasteiger partial charge is 0.427 e. The second-order valence-electron chi connectivity index (χ2n) is 6.43. The summed E-state index contributed by atoms with van der Waals surface area (Å²) in [6, 6.07) is 22.9. The minimum atomic E-state index is -0.416. The van der Waals surface area contributed by atoms with Crippen LogP contribution in [0.1, 0.15) is 17.3 Å². The van der Waals surface area contributed by atoms with Gasteiger partial charge in [-0.05, 0) is 54.6 Å². The Bertz CT molecular complexity index is 1180. The lowest BCUT2D eigenvalue weighted by molar-refractivity contribution is -0.131. The van der Waals surface area contributed by atoms with Gasteiger partial charge in [-0.15, -0.1) is 10.2 Å². The van der Waals surface area contributed by atoms with Crippen molar-refractivity contribution in [1.29, 1.82) is 0 Å². The van der Waals surface area contributed by atoms with Crippen LogP contribution in [0.15, 0.2) is 83.3 Å². The molecule has 0 radical (unpaired) electrons. The molecule has 0 spiro atoms. The van der Waals surface area contributed by atoms with Crippen molar-refractivity contribution in [3.8, 4) is 28.7 Å². The number of anilines is 1. The van der Waals surface area contributed by atoms with Crippen LogP contribution in [0.5, 0.6) is 5.75 Å².